The molecule has 0 aliphatic carbocycles. The van der Waals surface area contributed by atoms with Gasteiger partial charge in [0.05, 0.1) is 0 Å². The predicted octanol–water partition coefficient (Wildman–Crippen LogP) is 3.22. The largest absolute Gasteiger partial charge is 0.427 e. The van der Waals surface area contributed by atoms with Crippen LogP contribution in [0, 0.1) is 0 Å². The zero-order chi connectivity index (χ0) is 19.5. The van der Waals surface area contributed by atoms with Gasteiger partial charge in [0.15, 0.2) is 0 Å². The van der Waals surface area contributed by atoms with Crippen LogP contribution in [0.5, 0.6) is 0 Å². The Bertz CT molecular complexity index is 626. The minimum atomic E-state index is -7.92. The number of alkyl halides is 10. The second-order valence-corrected chi connectivity index (χ2v) is 8.85. The molecule has 0 spiro atoms. The Labute approximate surface area is 129 Å². The first-order valence-electron chi connectivity index (χ1n) is 4.27. The first-order chi connectivity index (χ1) is 9.50. The van der Waals surface area contributed by atoms with Gasteiger partial charge in [0, 0.05) is 21.4 Å². The van der Waals surface area contributed by atoms with E-state index >= 15 is 0 Å². The molecule has 0 saturated carbocycles. The summed E-state index contributed by atoms with van der Waals surface area (Å²) in [5, 5.41) is -14.4. The van der Waals surface area contributed by atoms with Gasteiger partial charge in [-0.05, 0) is 0 Å². The molecule has 0 heterocycles. The lowest BCUT2D eigenvalue weighted by molar-refractivity contribution is -0.374. The quantitative estimate of drug-likeness (QED) is 0.462. The van der Waals surface area contributed by atoms with Gasteiger partial charge in [-0.2, -0.15) is 43.9 Å². The topological polar surface area (TPSA) is 68.3 Å². The third kappa shape index (κ3) is 2.95. The zero-order valence-electron chi connectivity index (χ0n) is 9.49. The van der Waals surface area contributed by atoms with Crippen molar-refractivity contribution in [1.29, 1.82) is 0 Å². The summed E-state index contributed by atoms with van der Waals surface area (Å²) in [6, 6.07) is 0. The lowest BCUT2D eigenvalue weighted by Gasteiger charge is -2.37. The summed E-state index contributed by atoms with van der Waals surface area (Å²) in [7, 11) is -6.67. The molecule has 0 rings (SSSR count). The lowest BCUT2D eigenvalue weighted by atomic mass is 10.0. The zero-order valence-corrected chi connectivity index (χ0v) is 12.6. The van der Waals surface area contributed by atoms with Gasteiger partial charge in [-0.1, -0.05) is 0 Å². The minimum absolute atomic E-state index is 3.70. The molecule has 0 aromatic heterocycles. The van der Waals surface area contributed by atoms with Gasteiger partial charge in [-0.3, -0.25) is 0 Å². The fourth-order valence-corrected chi connectivity index (χ4v) is 2.32. The van der Waals surface area contributed by atoms with E-state index in [2.05, 4.69) is 21.4 Å². The van der Waals surface area contributed by atoms with Crippen LogP contribution >= 0.6 is 21.4 Å². The van der Waals surface area contributed by atoms with Crippen molar-refractivity contribution in [3.05, 3.63) is 0 Å². The predicted molar refractivity (Wildman–Crippen MR) is 54.3 cm³/mol. The highest BCUT2D eigenvalue weighted by Gasteiger charge is 2.90. The summed E-state index contributed by atoms with van der Waals surface area (Å²) in [4.78, 5) is 0. The Kier molecular flexibility index (Phi) is 5.34. The first-order valence-corrected chi connectivity index (χ1v) is 8.89. The van der Waals surface area contributed by atoms with Gasteiger partial charge in [-0.25, -0.2) is 16.8 Å². The van der Waals surface area contributed by atoms with Crippen LogP contribution in [0.25, 0.3) is 0 Å². The van der Waals surface area contributed by atoms with Crippen LogP contribution in [0.4, 0.5) is 43.9 Å². The van der Waals surface area contributed by atoms with E-state index in [1.807, 2.05) is 0 Å². The average Bonchev–Trinajstić information content (AvgIpc) is 2.24. The summed E-state index contributed by atoms with van der Waals surface area (Å²) in [5.74, 6) is -23.4. The molecule has 0 radical (unpaired) electrons. The Morgan fingerprint density at radius 3 is 0.783 bits per heavy atom. The maximum Gasteiger partial charge on any atom is 0.427 e. The van der Waals surface area contributed by atoms with Crippen molar-refractivity contribution < 1.29 is 60.7 Å². The van der Waals surface area contributed by atoms with Crippen molar-refractivity contribution in [2.75, 3.05) is 0 Å². The first kappa shape index (κ1) is 22.8. The molecule has 4 nitrogen and oxygen atoms in total. The van der Waals surface area contributed by atoms with Gasteiger partial charge < -0.3 is 0 Å². The summed E-state index contributed by atoms with van der Waals surface area (Å²) in [6.07, 6.45) is 0. The van der Waals surface area contributed by atoms with Crippen molar-refractivity contribution in [2.24, 2.45) is 0 Å². The highest BCUT2D eigenvalue weighted by Crippen LogP contribution is 2.59. The molecule has 18 heteroatoms. The summed E-state index contributed by atoms with van der Waals surface area (Å²) < 4.78 is 169. The molecule has 0 N–H and O–H groups in total. The number of hydrogen-bond acceptors (Lipinski definition) is 4. The maximum atomic E-state index is 12.9. The summed E-state index contributed by atoms with van der Waals surface area (Å²) >= 11 is 0. The van der Waals surface area contributed by atoms with Crippen LogP contribution in [-0.2, 0) is 18.1 Å². The van der Waals surface area contributed by atoms with E-state index in [1.165, 1.54) is 0 Å². The molecule has 0 aliphatic rings. The smallest absolute Gasteiger partial charge is 0.206 e. The fraction of sp³-hybridized carbons (Fsp3) is 1.00. The van der Waals surface area contributed by atoms with Gasteiger partial charge in [0.2, 0.25) is 0 Å². The molecular formula is C5Cl2F10O4S2. The summed E-state index contributed by atoms with van der Waals surface area (Å²) in [6.45, 7) is 0. The maximum absolute atomic E-state index is 12.9. The Balaban J connectivity index is 6.60. The highest BCUT2D eigenvalue weighted by molar-refractivity contribution is 8.15. The molecule has 0 saturated heterocycles. The molecular weight excluding hydrogens is 449 g/mol. The average molecular weight is 449 g/mol. The second-order valence-electron chi connectivity index (χ2n) is 3.63. The third-order valence-electron chi connectivity index (χ3n) is 2.13. The lowest BCUT2D eigenvalue weighted by Crippen LogP contribution is -2.69. The van der Waals surface area contributed by atoms with E-state index in [4.69, 9.17) is 0 Å². The monoisotopic (exact) mass is 448 g/mol. The van der Waals surface area contributed by atoms with E-state index in [-0.39, 0.29) is 0 Å². The van der Waals surface area contributed by atoms with E-state index < -0.39 is 46.4 Å². The van der Waals surface area contributed by atoms with E-state index in [0.717, 1.165) is 0 Å². The standard InChI is InChI=1S/C5Cl2F10O4S2/c6-22(18,19)4(14,15)2(10,11)1(8,9)3(12,13)5(16,17)23(7,20)21. The minimum Gasteiger partial charge on any atom is -0.206 e. The van der Waals surface area contributed by atoms with Crippen LogP contribution in [0.1, 0.15) is 0 Å². The molecule has 140 valence electrons. The van der Waals surface area contributed by atoms with Crippen LogP contribution in [0.2, 0.25) is 0 Å². The van der Waals surface area contributed by atoms with Crippen LogP contribution in [0.15, 0.2) is 0 Å². The molecule has 0 bridgehead atoms. The van der Waals surface area contributed by atoms with Crippen molar-refractivity contribution in [2.45, 2.75) is 28.3 Å². The molecule has 0 amide bonds. The molecule has 0 atom stereocenters. The van der Waals surface area contributed by atoms with Crippen molar-refractivity contribution in [3.8, 4) is 0 Å². The van der Waals surface area contributed by atoms with Crippen LogP contribution < -0.4 is 0 Å². The van der Waals surface area contributed by atoms with E-state index in [9.17, 15) is 60.7 Å². The van der Waals surface area contributed by atoms with Crippen LogP contribution in [-0.4, -0.2) is 45.1 Å². The van der Waals surface area contributed by atoms with Crippen molar-refractivity contribution in [1.82, 2.24) is 0 Å². The van der Waals surface area contributed by atoms with Gasteiger partial charge in [0.25, 0.3) is 0 Å². The Morgan fingerprint density at radius 2 is 0.652 bits per heavy atom. The third-order valence-corrected chi connectivity index (χ3v) is 5.03. The van der Waals surface area contributed by atoms with Gasteiger partial charge >= 0.3 is 46.4 Å². The van der Waals surface area contributed by atoms with Crippen LogP contribution in [0.3, 0.4) is 0 Å². The molecule has 0 aromatic rings. The van der Waals surface area contributed by atoms with Gasteiger partial charge in [0.1, 0.15) is 0 Å². The number of hydrogen-bond donors (Lipinski definition) is 0. The van der Waals surface area contributed by atoms with Gasteiger partial charge in [-0.15, -0.1) is 0 Å². The number of halogens is 12. The molecule has 0 unspecified atom stereocenters. The number of rotatable bonds is 6. The molecule has 23 heavy (non-hydrogen) atoms. The Morgan fingerprint density at radius 1 is 0.478 bits per heavy atom. The highest BCUT2D eigenvalue weighted by atomic mass is 35.7. The Hall–Kier alpha value is -0.220. The normalized spacial score (nSPS) is 16.5. The molecule has 0 fully saturated rings. The van der Waals surface area contributed by atoms with E-state index in [0.29, 0.717) is 0 Å². The fourth-order valence-electron chi connectivity index (χ4n) is 0.869. The van der Waals surface area contributed by atoms with Crippen molar-refractivity contribution >= 4 is 39.5 Å². The molecule has 0 aliphatic heterocycles. The van der Waals surface area contributed by atoms with E-state index in [1.54, 1.807) is 0 Å². The SMILES string of the molecule is O=S(=O)(Cl)C(F)(F)C(F)(F)C(F)(F)C(F)(F)C(F)(F)S(=O)(=O)Cl. The van der Waals surface area contributed by atoms with Crippen molar-refractivity contribution in [3.63, 3.8) is 0 Å². The second kappa shape index (κ2) is 5.39. The summed E-state index contributed by atoms with van der Waals surface area (Å²) in [5.41, 5.74) is 0. The molecule has 0 aromatic carbocycles.